The summed E-state index contributed by atoms with van der Waals surface area (Å²) >= 11 is 0. The van der Waals surface area contributed by atoms with E-state index in [1.807, 2.05) is 0 Å². The average molecular weight is 240 g/mol. The molecule has 6 heteroatoms. The van der Waals surface area contributed by atoms with E-state index in [9.17, 15) is 14.0 Å². The Morgan fingerprint density at radius 3 is 2.94 bits per heavy atom. The van der Waals surface area contributed by atoms with Crippen molar-refractivity contribution in [1.29, 1.82) is 0 Å². The van der Waals surface area contributed by atoms with Gasteiger partial charge in [0.05, 0.1) is 13.0 Å². The molecule has 1 amide bonds. The predicted molar refractivity (Wildman–Crippen MR) is 57.8 cm³/mol. The van der Waals surface area contributed by atoms with Crippen molar-refractivity contribution in [2.75, 3.05) is 13.2 Å². The van der Waals surface area contributed by atoms with Crippen LogP contribution in [0.25, 0.3) is 0 Å². The van der Waals surface area contributed by atoms with Crippen molar-refractivity contribution >= 4 is 11.9 Å². The minimum absolute atomic E-state index is 0.0904. The normalized spacial score (nSPS) is 9.76. The molecule has 0 spiro atoms. The van der Waals surface area contributed by atoms with Crippen LogP contribution >= 0.6 is 0 Å². The van der Waals surface area contributed by atoms with Gasteiger partial charge in [0.2, 0.25) is 5.95 Å². The van der Waals surface area contributed by atoms with Gasteiger partial charge in [0.25, 0.3) is 5.91 Å². The number of esters is 1. The first-order valence-electron chi connectivity index (χ1n) is 5.19. The molecule has 1 rings (SSSR count). The maximum absolute atomic E-state index is 12.7. The van der Waals surface area contributed by atoms with Gasteiger partial charge < -0.3 is 10.1 Å². The number of carbonyl (C=O) groups excluding carboxylic acids is 2. The van der Waals surface area contributed by atoms with Crippen LogP contribution in [0.15, 0.2) is 18.3 Å². The lowest BCUT2D eigenvalue weighted by Gasteiger charge is -2.04. The van der Waals surface area contributed by atoms with E-state index in [0.29, 0.717) is 6.61 Å². The summed E-state index contributed by atoms with van der Waals surface area (Å²) in [5.74, 6) is -1.55. The summed E-state index contributed by atoms with van der Waals surface area (Å²) in [6.45, 7) is 2.17. The molecule has 1 aromatic heterocycles. The number of halogens is 1. The van der Waals surface area contributed by atoms with Crippen molar-refractivity contribution in [3.8, 4) is 0 Å². The van der Waals surface area contributed by atoms with E-state index in [1.165, 1.54) is 12.3 Å². The molecule has 0 aliphatic rings. The van der Waals surface area contributed by atoms with Crippen molar-refractivity contribution in [3.63, 3.8) is 0 Å². The Labute approximate surface area is 98.0 Å². The number of amides is 1. The second-order valence-electron chi connectivity index (χ2n) is 3.18. The fourth-order valence-corrected chi connectivity index (χ4v) is 1.16. The summed E-state index contributed by atoms with van der Waals surface area (Å²) in [6.07, 6.45) is 1.29. The van der Waals surface area contributed by atoms with Gasteiger partial charge >= 0.3 is 5.97 Å². The molecule has 0 atom stereocenters. The minimum atomic E-state index is -0.719. The SMILES string of the molecule is CCOC(=O)CCNC(=O)c1ccnc(F)c1. The highest BCUT2D eigenvalue weighted by Crippen LogP contribution is 2.00. The Morgan fingerprint density at radius 2 is 2.29 bits per heavy atom. The summed E-state index contributed by atoms with van der Waals surface area (Å²) in [4.78, 5) is 25.8. The Kier molecular flexibility index (Phi) is 5.06. The van der Waals surface area contributed by atoms with E-state index < -0.39 is 11.9 Å². The number of pyridine rings is 1. The minimum Gasteiger partial charge on any atom is -0.466 e. The van der Waals surface area contributed by atoms with Gasteiger partial charge in [0.15, 0.2) is 0 Å². The number of nitrogens with one attached hydrogen (secondary N) is 1. The average Bonchev–Trinajstić information content (AvgIpc) is 2.29. The van der Waals surface area contributed by atoms with Crippen molar-refractivity contribution in [1.82, 2.24) is 10.3 Å². The molecule has 0 aromatic carbocycles. The number of ether oxygens (including phenoxy) is 1. The lowest BCUT2D eigenvalue weighted by molar-refractivity contribution is -0.142. The van der Waals surface area contributed by atoms with Crippen molar-refractivity contribution in [3.05, 3.63) is 29.8 Å². The molecule has 0 saturated carbocycles. The van der Waals surface area contributed by atoms with E-state index in [2.05, 4.69) is 15.0 Å². The van der Waals surface area contributed by atoms with Crippen LogP contribution in [0.2, 0.25) is 0 Å². The monoisotopic (exact) mass is 240 g/mol. The van der Waals surface area contributed by atoms with Crippen LogP contribution in [-0.4, -0.2) is 30.0 Å². The molecule has 17 heavy (non-hydrogen) atoms. The molecule has 0 bridgehead atoms. The maximum atomic E-state index is 12.7. The second-order valence-corrected chi connectivity index (χ2v) is 3.18. The van der Waals surface area contributed by atoms with Crippen LogP contribution in [0.4, 0.5) is 4.39 Å². The highest BCUT2D eigenvalue weighted by Gasteiger charge is 2.07. The van der Waals surface area contributed by atoms with E-state index >= 15 is 0 Å². The van der Waals surface area contributed by atoms with Crippen LogP contribution in [-0.2, 0) is 9.53 Å². The summed E-state index contributed by atoms with van der Waals surface area (Å²) < 4.78 is 17.4. The molecular weight excluding hydrogens is 227 g/mol. The van der Waals surface area contributed by atoms with Gasteiger partial charge in [0, 0.05) is 24.4 Å². The Morgan fingerprint density at radius 1 is 1.53 bits per heavy atom. The van der Waals surface area contributed by atoms with Crippen LogP contribution in [0.5, 0.6) is 0 Å². The highest BCUT2D eigenvalue weighted by atomic mass is 19.1. The molecular formula is C11H13FN2O3. The number of nitrogens with zero attached hydrogens (tertiary/aromatic N) is 1. The van der Waals surface area contributed by atoms with Crippen LogP contribution in [0.1, 0.15) is 23.7 Å². The van der Waals surface area contributed by atoms with Gasteiger partial charge in [-0.25, -0.2) is 4.98 Å². The highest BCUT2D eigenvalue weighted by molar-refractivity contribution is 5.94. The molecule has 1 aromatic rings. The largest absolute Gasteiger partial charge is 0.466 e. The van der Waals surface area contributed by atoms with E-state index in [-0.39, 0.29) is 24.5 Å². The van der Waals surface area contributed by atoms with E-state index in [0.717, 1.165) is 6.07 Å². The fourth-order valence-electron chi connectivity index (χ4n) is 1.16. The summed E-state index contributed by atoms with van der Waals surface area (Å²) in [5, 5.41) is 2.48. The summed E-state index contributed by atoms with van der Waals surface area (Å²) in [7, 11) is 0. The van der Waals surface area contributed by atoms with Gasteiger partial charge in [0.1, 0.15) is 0 Å². The van der Waals surface area contributed by atoms with Gasteiger partial charge in [-0.05, 0) is 13.0 Å². The third kappa shape index (κ3) is 4.58. The Balaban J connectivity index is 2.38. The first-order valence-corrected chi connectivity index (χ1v) is 5.19. The third-order valence-electron chi connectivity index (χ3n) is 1.91. The smallest absolute Gasteiger partial charge is 0.307 e. The zero-order chi connectivity index (χ0) is 12.7. The molecule has 92 valence electrons. The Bertz CT molecular complexity index is 409. The van der Waals surface area contributed by atoms with Crippen molar-refractivity contribution in [2.24, 2.45) is 0 Å². The molecule has 0 radical (unpaired) electrons. The summed E-state index contributed by atoms with van der Waals surface area (Å²) in [5.41, 5.74) is 0.168. The molecule has 5 nitrogen and oxygen atoms in total. The van der Waals surface area contributed by atoms with Crippen LogP contribution < -0.4 is 5.32 Å². The number of carbonyl (C=O) groups is 2. The van der Waals surface area contributed by atoms with Gasteiger partial charge in [-0.2, -0.15) is 4.39 Å². The first-order chi connectivity index (χ1) is 8.13. The van der Waals surface area contributed by atoms with E-state index in [1.54, 1.807) is 6.92 Å². The number of hydrogen-bond donors (Lipinski definition) is 1. The van der Waals surface area contributed by atoms with Gasteiger partial charge in [-0.1, -0.05) is 0 Å². The lowest BCUT2D eigenvalue weighted by Crippen LogP contribution is -2.26. The molecule has 0 aliphatic heterocycles. The molecule has 0 unspecified atom stereocenters. The van der Waals surface area contributed by atoms with Crippen LogP contribution in [0.3, 0.4) is 0 Å². The fraction of sp³-hybridized carbons (Fsp3) is 0.364. The molecule has 0 saturated heterocycles. The quantitative estimate of drug-likeness (QED) is 0.613. The first kappa shape index (κ1) is 13.1. The number of rotatable bonds is 5. The summed E-state index contributed by atoms with van der Waals surface area (Å²) in [6, 6.07) is 2.42. The topological polar surface area (TPSA) is 68.3 Å². The third-order valence-corrected chi connectivity index (χ3v) is 1.91. The van der Waals surface area contributed by atoms with Gasteiger partial charge in [-0.15, -0.1) is 0 Å². The zero-order valence-corrected chi connectivity index (χ0v) is 9.40. The molecule has 0 aliphatic carbocycles. The van der Waals surface area contributed by atoms with Crippen molar-refractivity contribution < 1.29 is 18.7 Å². The number of hydrogen-bond acceptors (Lipinski definition) is 4. The van der Waals surface area contributed by atoms with Crippen LogP contribution in [0, 0.1) is 5.95 Å². The van der Waals surface area contributed by atoms with Gasteiger partial charge in [-0.3, -0.25) is 9.59 Å². The van der Waals surface area contributed by atoms with E-state index in [4.69, 9.17) is 0 Å². The zero-order valence-electron chi connectivity index (χ0n) is 9.40. The van der Waals surface area contributed by atoms with Crippen molar-refractivity contribution in [2.45, 2.75) is 13.3 Å². The predicted octanol–water partition coefficient (Wildman–Crippen LogP) is 0.904. The molecule has 1 heterocycles. The Hall–Kier alpha value is -1.98. The lowest BCUT2D eigenvalue weighted by atomic mass is 10.2. The molecule has 0 fully saturated rings. The second kappa shape index (κ2) is 6.57. The molecule has 1 N–H and O–H groups in total. The number of aromatic nitrogens is 1. The maximum Gasteiger partial charge on any atom is 0.307 e. The standard InChI is InChI=1S/C11H13FN2O3/c1-2-17-10(15)4-6-14-11(16)8-3-5-13-9(12)7-8/h3,5,7H,2,4,6H2,1H3,(H,14,16).